The molecule has 1 rings (SSSR count). The molecule has 0 saturated carbocycles. The molecule has 0 amide bonds. The number of carboxylic acid groups (broad SMARTS) is 1. The van der Waals surface area contributed by atoms with Gasteiger partial charge in [-0.1, -0.05) is 6.92 Å². The van der Waals surface area contributed by atoms with Gasteiger partial charge in [0.05, 0.1) is 10.6 Å². The predicted molar refractivity (Wildman–Crippen MR) is 57.3 cm³/mol. The first-order chi connectivity index (χ1) is 7.45. The number of carbonyl (C=O) groups is 1. The van der Waals surface area contributed by atoms with E-state index in [1.54, 1.807) is 6.92 Å². The minimum absolute atomic E-state index is 0.0301. The molecule has 88 valence electrons. The molecule has 16 heavy (non-hydrogen) atoms. The highest BCUT2D eigenvalue weighted by Crippen LogP contribution is 2.16. The van der Waals surface area contributed by atoms with Gasteiger partial charge >= 0.3 is 5.97 Å². The van der Waals surface area contributed by atoms with Gasteiger partial charge in [0.15, 0.2) is 16.4 Å². The van der Waals surface area contributed by atoms with Crippen LogP contribution in [0.15, 0.2) is 29.2 Å². The minimum atomic E-state index is -3.22. The van der Waals surface area contributed by atoms with Gasteiger partial charge in [0.25, 0.3) is 0 Å². The van der Waals surface area contributed by atoms with Crippen molar-refractivity contribution in [3.63, 3.8) is 0 Å². The highest BCUT2D eigenvalue weighted by molar-refractivity contribution is 7.91. The van der Waals surface area contributed by atoms with Crippen molar-refractivity contribution in [3.05, 3.63) is 24.3 Å². The Morgan fingerprint density at radius 2 is 1.88 bits per heavy atom. The Balaban J connectivity index is 2.80. The van der Waals surface area contributed by atoms with Crippen molar-refractivity contribution in [1.82, 2.24) is 0 Å². The number of hydrogen-bond donors (Lipinski definition) is 1. The maximum absolute atomic E-state index is 11.4. The van der Waals surface area contributed by atoms with E-state index in [0.717, 1.165) is 0 Å². The van der Waals surface area contributed by atoms with Crippen LogP contribution >= 0.6 is 0 Å². The summed E-state index contributed by atoms with van der Waals surface area (Å²) in [5.41, 5.74) is 0. The minimum Gasteiger partial charge on any atom is -0.482 e. The van der Waals surface area contributed by atoms with Crippen molar-refractivity contribution in [1.29, 1.82) is 0 Å². The topological polar surface area (TPSA) is 80.7 Å². The summed E-state index contributed by atoms with van der Waals surface area (Å²) in [5, 5.41) is 8.38. The van der Waals surface area contributed by atoms with Crippen LogP contribution in [0.5, 0.6) is 5.75 Å². The number of aliphatic carboxylic acids is 1. The van der Waals surface area contributed by atoms with E-state index < -0.39 is 22.4 Å². The molecule has 0 heterocycles. The second-order valence-corrected chi connectivity index (χ2v) is 5.34. The van der Waals surface area contributed by atoms with Gasteiger partial charge in [0.1, 0.15) is 5.75 Å². The summed E-state index contributed by atoms with van der Waals surface area (Å²) in [6.45, 7) is 1.12. The third kappa shape index (κ3) is 3.23. The van der Waals surface area contributed by atoms with Crippen LogP contribution in [-0.2, 0) is 14.6 Å². The number of rotatable bonds is 5. The molecule has 0 fully saturated rings. The molecule has 0 aliphatic carbocycles. The van der Waals surface area contributed by atoms with Gasteiger partial charge in [-0.2, -0.15) is 0 Å². The van der Waals surface area contributed by atoms with Gasteiger partial charge in [-0.3, -0.25) is 0 Å². The van der Waals surface area contributed by atoms with E-state index in [9.17, 15) is 13.2 Å². The summed E-state index contributed by atoms with van der Waals surface area (Å²) in [5.74, 6) is -0.717. The molecule has 1 aromatic carbocycles. The molecule has 0 saturated heterocycles. The Bertz CT molecular complexity index is 460. The molecule has 0 bridgehead atoms. The number of benzene rings is 1. The lowest BCUT2D eigenvalue weighted by Crippen LogP contribution is -2.09. The van der Waals surface area contributed by atoms with Crippen molar-refractivity contribution in [2.24, 2.45) is 0 Å². The zero-order valence-corrected chi connectivity index (χ0v) is 9.53. The van der Waals surface area contributed by atoms with Gasteiger partial charge in [-0.25, -0.2) is 13.2 Å². The van der Waals surface area contributed by atoms with E-state index in [2.05, 4.69) is 0 Å². The Morgan fingerprint density at radius 1 is 1.31 bits per heavy atom. The van der Waals surface area contributed by atoms with Crippen molar-refractivity contribution in [2.45, 2.75) is 11.8 Å². The van der Waals surface area contributed by atoms with E-state index in [1.165, 1.54) is 24.3 Å². The van der Waals surface area contributed by atoms with Crippen LogP contribution in [0.2, 0.25) is 0 Å². The van der Waals surface area contributed by atoms with Crippen molar-refractivity contribution in [2.75, 3.05) is 12.4 Å². The van der Waals surface area contributed by atoms with Crippen LogP contribution in [0.1, 0.15) is 6.92 Å². The predicted octanol–water partition coefficient (Wildman–Crippen LogP) is 0.944. The lowest BCUT2D eigenvalue weighted by Gasteiger charge is -2.04. The van der Waals surface area contributed by atoms with Crippen molar-refractivity contribution < 1.29 is 23.1 Å². The Hall–Kier alpha value is -1.56. The summed E-state index contributed by atoms with van der Waals surface area (Å²) in [7, 11) is -3.22. The number of carboxylic acids is 1. The average molecular weight is 244 g/mol. The molecule has 0 radical (unpaired) electrons. The fourth-order valence-corrected chi connectivity index (χ4v) is 1.94. The first-order valence-corrected chi connectivity index (χ1v) is 6.28. The average Bonchev–Trinajstić information content (AvgIpc) is 2.27. The van der Waals surface area contributed by atoms with Gasteiger partial charge in [0, 0.05) is 0 Å². The zero-order valence-electron chi connectivity index (χ0n) is 8.71. The zero-order chi connectivity index (χ0) is 12.2. The highest BCUT2D eigenvalue weighted by atomic mass is 32.2. The van der Waals surface area contributed by atoms with E-state index >= 15 is 0 Å². The van der Waals surface area contributed by atoms with E-state index in [0.29, 0.717) is 5.75 Å². The van der Waals surface area contributed by atoms with Crippen LogP contribution in [0, 0.1) is 0 Å². The SMILES string of the molecule is CCS(=O)(=O)c1ccc(OCC(=O)O)cc1. The monoisotopic (exact) mass is 244 g/mol. The molecule has 0 aliphatic heterocycles. The third-order valence-corrected chi connectivity index (χ3v) is 3.68. The number of sulfone groups is 1. The Morgan fingerprint density at radius 3 is 2.31 bits per heavy atom. The van der Waals surface area contributed by atoms with Gasteiger partial charge in [-0.05, 0) is 24.3 Å². The van der Waals surface area contributed by atoms with Crippen LogP contribution in [0.3, 0.4) is 0 Å². The molecular weight excluding hydrogens is 232 g/mol. The van der Waals surface area contributed by atoms with E-state index in [1.807, 2.05) is 0 Å². The molecule has 0 aliphatic rings. The summed E-state index contributed by atoms with van der Waals surface area (Å²) >= 11 is 0. The van der Waals surface area contributed by atoms with Gasteiger partial charge in [-0.15, -0.1) is 0 Å². The second kappa shape index (κ2) is 4.98. The summed E-state index contributed by atoms with van der Waals surface area (Å²) in [6.07, 6.45) is 0. The molecule has 0 aromatic heterocycles. The van der Waals surface area contributed by atoms with Crippen LogP contribution in [0.25, 0.3) is 0 Å². The quantitative estimate of drug-likeness (QED) is 0.833. The smallest absolute Gasteiger partial charge is 0.341 e. The lowest BCUT2D eigenvalue weighted by atomic mass is 10.3. The lowest BCUT2D eigenvalue weighted by molar-refractivity contribution is -0.139. The second-order valence-electron chi connectivity index (χ2n) is 3.06. The molecule has 0 spiro atoms. The number of hydrogen-bond acceptors (Lipinski definition) is 4. The van der Waals surface area contributed by atoms with Gasteiger partial charge < -0.3 is 9.84 Å². The highest BCUT2D eigenvalue weighted by Gasteiger charge is 2.11. The molecule has 1 aromatic rings. The van der Waals surface area contributed by atoms with E-state index in [-0.39, 0.29) is 10.6 Å². The summed E-state index contributed by atoms with van der Waals surface area (Å²) in [4.78, 5) is 10.4. The molecular formula is C10H12O5S. The Kier molecular flexibility index (Phi) is 3.89. The first kappa shape index (κ1) is 12.5. The third-order valence-electron chi connectivity index (χ3n) is 1.93. The van der Waals surface area contributed by atoms with Gasteiger partial charge in [0.2, 0.25) is 0 Å². The molecule has 6 heteroatoms. The number of ether oxygens (including phenoxy) is 1. The van der Waals surface area contributed by atoms with Crippen molar-refractivity contribution >= 4 is 15.8 Å². The Labute approximate surface area is 93.6 Å². The maximum Gasteiger partial charge on any atom is 0.341 e. The summed E-state index contributed by atoms with van der Waals surface area (Å²) in [6, 6.07) is 5.67. The van der Waals surface area contributed by atoms with Crippen molar-refractivity contribution in [3.8, 4) is 5.75 Å². The molecule has 1 N–H and O–H groups in total. The first-order valence-electron chi connectivity index (χ1n) is 4.63. The van der Waals surface area contributed by atoms with Crippen LogP contribution in [-0.4, -0.2) is 31.9 Å². The standard InChI is InChI=1S/C10H12O5S/c1-2-16(13,14)9-5-3-8(4-6-9)15-7-10(11)12/h3-6H,2,7H2,1H3,(H,11,12). The summed E-state index contributed by atoms with van der Waals surface area (Å²) < 4.78 is 27.8. The molecule has 5 nitrogen and oxygen atoms in total. The maximum atomic E-state index is 11.4. The van der Waals surface area contributed by atoms with Crippen LogP contribution < -0.4 is 4.74 Å². The fraction of sp³-hybridized carbons (Fsp3) is 0.300. The van der Waals surface area contributed by atoms with E-state index in [4.69, 9.17) is 9.84 Å². The fourth-order valence-electron chi connectivity index (χ4n) is 1.05. The normalized spacial score (nSPS) is 11.1. The largest absolute Gasteiger partial charge is 0.482 e. The van der Waals surface area contributed by atoms with Crippen LogP contribution in [0.4, 0.5) is 0 Å². The molecule has 0 unspecified atom stereocenters. The molecule has 0 atom stereocenters.